The van der Waals surface area contributed by atoms with Crippen molar-refractivity contribution in [2.24, 2.45) is 0 Å². The molecule has 1 saturated heterocycles. The second-order valence-corrected chi connectivity index (χ2v) is 5.56. The van der Waals surface area contributed by atoms with E-state index in [9.17, 15) is 9.90 Å². The Labute approximate surface area is 106 Å². The monoisotopic (exact) mass is 251 g/mol. The molecule has 1 heterocycles. The van der Waals surface area contributed by atoms with Crippen LogP contribution in [0.2, 0.25) is 0 Å². The van der Waals surface area contributed by atoms with Crippen molar-refractivity contribution < 1.29 is 9.90 Å². The molecule has 4 heteroatoms. The number of aryl methyl sites for hydroxylation is 1. The fourth-order valence-electron chi connectivity index (χ4n) is 1.95. The number of carbonyl (C=O) groups is 1. The number of benzene rings is 1. The van der Waals surface area contributed by atoms with Crippen molar-refractivity contribution in [2.45, 2.75) is 25.8 Å². The molecule has 1 unspecified atom stereocenters. The summed E-state index contributed by atoms with van der Waals surface area (Å²) in [5, 5.41) is 12.7. The van der Waals surface area contributed by atoms with Gasteiger partial charge in [0.05, 0.1) is 5.56 Å². The molecule has 2 N–H and O–H groups in total. The van der Waals surface area contributed by atoms with Gasteiger partial charge in [0.25, 0.3) is 5.91 Å². The number of hydrogen-bond acceptors (Lipinski definition) is 3. The van der Waals surface area contributed by atoms with Crippen LogP contribution in [0.4, 0.5) is 0 Å². The van der Waals surface area contributed by atoms with E-state index in [0.717, 1.165) is 24.2 Å². The normalized spacial score (nSPS) is 19.9. The molecule has 17 heavy (non-hydrogen) atoms. The van der Waals surface area contributed by atoms with Gasteiger partial charge in [-0.2, -0.15) is 11.8 Å². The second kappa shape index (κ2) is 5.45. The van der Waals surface area contributed by atoms with Crippen LogP contribution >= 0.6 is 11.8 Å². The van der Waals surface area contributed by atoms with E-state index in [2.05, 4.69) is 5.32 Å². The average Bonchev–Trinajstić information content (AvgIpc) is 2.30. The quantitative estimate of drug-likeness (QED) is 0.848. The number of phenols is 1. The molecule has 1 fully saturated rings. The summed E-state index contributed by atoms with van der Waals surface area (Å²) in [5.74, 6) is 2.04. The smallest absolute Gasteiger partial charge is 0.255 e. The van der Waals surface area contributed by atoms with Gasteiger partial charge in [-0.1, -0.05) is 6.07 Å². The first-order valence-corrected chi connectivity index (χ1v) is 7.00. The number of hydrogen-bond donors (Lipinski definition) is 2. The third kappa shape index (κ3) is 3.16. The SMILES string of the molecule is Cc1ccc(C(=O)NC2CCCSC2)c(O)c1. The minimum Gasteiger partial charge on any atom is -0.507 e. The molecular formula is C13H17NO2S. The fraction of sp³-hybridized carbons (Fsp3) is 0.462. The maximum absolute atomic E-state index is 12.0. The standard InChI is InChI=1S/C13H17NO2S/c1-9-4-5-11(12(15)7-9)13(16)14-10-3-2-6-17-8-10/h4-5,7,10,15H,2-3,6,8H2,1H3,(H,14,16). The molecule has 1 amide bonds. The van der Waals surface area contributed by atoms with E-state index < -0.39 is 0 Å². The molecule has 1 aliphatic heterocycles. The number of rotatable bonds is 2. The Morgan fingerprint density at radius 3 is 3.00 bits per heavy atom. The highest BCUT2D eigenvalue weighted by atomic mass is 32.2. The Hall–Kier alpha value is -1.16. The molecule has 1 atom stereocenters. The lowest BCUT2D eigenvalue weighted by Crippen LogP contribution is -2.38. The third-order valence-corrected chi connectivity index (χ3v) is 4.11. The van der Waals surface area contributed by atoms with Crippen LogP contribution in [0.15, 0.2) is 18.2 Å². The van der Waals surface area contributed by atoms with Gasteiger partial charge in [-0.05, 0) is 43.2 Å². The summed E-state index contributed by atoms with van der Waals surface area (Å²) < 4.78 is 0. The lowest BCUT2D eigenvalue weighted by Gasteiger charge is -2.22. The van der Waals surface area contributed by atoms with Crippen LogP contribution in [0.1, 0.15) is 28.8 Å². The highest BCUT2D eigenvalue weighted by Gasteiger charge is 2.18. The van der Waals surface area contributed by atoms with Gasteiger partial charge in [0.15, 0.2) is 0 Å². The summed E-state index contributed by atoms with van der Waals surface area (Å²) in [6.45, 7) is 1.89. The zero-order valence-corrected chi connectivity index (χ0v) is 10.7. The minimum atomic E-state index is -0.171. The summed E-state index contributed by atoms with van der Waals surface area (Å²) >= 11 is 1.87. The van der Waals surface area contributed by atoms with E-state index in [4.69, 9.17) is 0 Å². The lowest BCUT2D eigenvalue weighted by atomic mass is 10.1. The molecule has 3 nitrogen and oxygen atoms in total. The predicted molar refractivity (Wildman–Crippen MR) is 70.7 cm³/mol. The average molecular weight is 251 g/mol. The maximum atomic E-state index is 12.0. The Morgan fingerprint density at radius 2 is 2.35 bits per heavy atom. The van der Waals surface area contributed by atoms with Gasteiger partial charge in [0.1, 0.15) is 5.75 Å². The van der Waals surface area contributed by atoms with Crippen molar-refractivity contribution in [2.75, 3.05) is 11.5 Å². The largest absolute Gasteiger partial charge is 0.507 e. The van der Waals surface area contributed by atoms with Crippen LogP contribution in [0.25, 0.3) is 0 Å². The Balaban J connectivity index is 2.03. The van der Waals surface area contributed by atoms with Crippen LogP contribution < -0.4 is 5.32 Å². The fourth-order valence-corrected chi connectivity index (χ4v) is 3.02. The van der Waals surface area contributed by atoms with Gasteiger partial charge in [0.2, 0.25) is 0 Å². The van der Waals surface area contributed by atoms with Crippen molar-refractivity contribution in [3.63, 3.8) is 0 Å². The van der Waals surface area contributed by atoms with E-state index in [1.165, 1.54) is 5.75 Å². The first-order valence-electron chi connectivity index (χ1n) is 5.85. The van der Waals surface area contributed by atoms with Gasteiger partial charge in [-0.15, -0.1) is 0 Å². The Morgan fingerprint density at radius 1 is 1.53 bits per heavy atom. The van der Waals surface area contributed by atoms with Gasteiger partial charge >= 0.3 is 0 Å². The molecule has 1 aliphatic rings. The third-order valence-electron chi connectivity index (χ3n) is 2.89. The molecule has 1 aromatic carbocycles. The van der Waals surface area contributed by atoms with Crippen molar-refractivity contribution >= 4 is 17.7 Å². The summed E-state index contributed by atoms with van der Waals surface area (Å²) in [7, 11) is 0. The summed E-state index contributed by atoms with van der Waals surface area (Å²) in [6, 6.07) is 5.37. The highest BCUT2D eigenvalue weighted by Crippen LogP contribution is 2.20. The molecule has 0 bridgehead atoms. The predicted octanol–water partition coefficient (Wildman–Crippen LogP) is 2.33. The summed E-state index contributed by atoms with van der Waals surface area (Å²) in [4.78, 5) is 12.0. The first-order chi connectivity index (χ1) is 8.16. The van der Waals surface area contributed by atoms with E-state index in [0.29, 0.717) is 5.56 Å². The second-order valence-electron chi connectivity index (χ2n) is 4.41. The first kappa shape index (κ1) is 12.3. The van der Waals surface area contributed by atoms with Crippen LogP contribution in [0.3, 0.4) is 0 Å². The van der Waals surface area contributed by atoms with Gasteiger partial charge < -0.3 is 10.4 Å². The van der Waals surface area contributed by atoms with Crippen LogP contribution in [0, 0.1) is 6.92 Å². The molecule has 0 spiro atoms. The number of amides is 1. The molecule has 0 saturated carbocycles. The van der Waals surface area contributed by atoms with Crippen molar-refractivity contribution in [1.82, 2.24) is 5.32 Å². The number of carbonyl (C=O) groups excluding carboxylic acids is 1. The Bertz CT molecular complexity index is 414. The van der Waals surface area contributed by atoms with Gasteiger partial charge in [0, 0.05) is 11.8 Å². The molecule has 92 valence electrons. The molecule has 0 aromatic heterocycles. The van der Waals surface area contributed by atoms with E-state index in [1.54, 1.807) is 12.1 Å². The van der Waals surface area contributed by atoms with Gasteiger partial charge in [-0.25, -0.2) is 0 Å². The summed E-state index contributed by atoms with van der Waals surface area (Å²) in [5.41, 5.74) is 1.32. The van der Waals surface area contributed by atoms with Crippen molar-refractivity contribution in [3.05, 3.63) is 29.3 Å². The molecular weight excluding hydrogens is 234 g/mol. The number of phenolic OH excluding ortho intramolecular Hbond substituents is 1. The number of thioether (sulfide) groups is 1. The summed E-state index contributed by atoms with van der Waals surface area (Å²) in [6.07, 6.45) is 2.18. The number of aromatic hydroxyl groups is 1. The van der Waals surface area contributed by atoms with Crippen LogP contribution in [-0.2, 0) is 0 Å². The zero-order valence-electron chi connectivity index (χ0n) is 9.90. The van der Waals surface area contributed by atoms with E-state index in [-0.39, 0.29) is 17.7 Å². The molecule has 1 aromatic rings. The minimum absolute atomic E-state index is 0.0611. The lowest BCUT2D eigenvalue weighted by molar-refractivity contribution is 0.0936. The van der Waals surface area contributed by atoms with Crippen LogP contribution in [0.5, 0.6) is 5.75 Å². The highest BCUT2D eigenvalue weighted by molar-refractivity contribution is 7.99. The number of nitrogens with one attached hydrogen (secondary N) is 1. The Kier molecular flexibility index (Phi) is 3.94. The van der Waals surface area contributed by atoms with Crippen molar-refractivity contribution in [3.8, 4) is 5.75 Å². The zero-order chi connectivity index (χ0) is 12.3. The molecule has 2 rings (SSSR count). The topological polar surface area (TPSA) is 49.3 Å². The van der Waals surface area contributed by atoms with E-state index >= 15 is 0 Å². The molecule has 0 aliphatic carbocycles. The van der Waals surface area contributed by atoms with Gasteiger partial charge in [-0.3, -0.25) is 4.79 Å². The maximum Gasteiger partial charge on any atom is 0.255 e. The van der Waals surface area contributed by atoms with E-state index in [1.807, 2.05) is 24.8 Å². The van der Waals surface area contributed by atoms with Crippen molar-refractivity contribution in [1.29, 1.82) is 0 Å². The van der Waals surface area contributed by atoms with Crippen LogP contribution in [-0.4, -0.2) is 28.6 Å². The molecule has 0 radical (unpaired) electrons.